The first kappa shape index (κ1) is 17.2. The van der Waals surface area contributed by atoms with Gasteiger partial charge < -0.3 is 15.5 Å². The van der Waals surface area contributed by atoms with Crippen molar-refractivity contribution in [2.75, 3.05) is 25.0 Å². The number of nitrogens with one attached hydrogen (secondary N) is 2. The number of likely N-dealkylation sites (tertiary alicyclic amines) is 1. The lowest BCUT2D eigenvalue weighted by Crippen LogP contribution is -2.40. The Labute approximate surface area is 140 Å². The van der Waals surface area contributed by atoms with Gasteiger partial charge in [0.25, 0.3) is 0 Å². The fourth-order valence-corrected chi connectivity index (χ4v) is 3.42. The Morgan fingerprint density at radius 2 is 2.23 bits per heavy atom. The Morgan fingerprint density at radius 3 is 3.00 bits per heavy atom. The second-order valence-electron chi connectivity index (χ2n) is 6.20. The molecule has 0 aliphatic carbocycles. The molecule has 122 valence electrons. The Hall–Kier alpha value is -1.13. The van der Waals surface area contributed by atoms with Crippen LogP contribution in [0.25, 0.3) is 0 Å². The number of piperidine rings is 1. The van der Waals surface area contributed by atoms with E-state index in [-0.39, 0.29) is 0 Å². The lowest BCUT2D eigenvalue weighted by atomic mass is 10.00. The number of hydrogen-bond acceptors (Lipinski definition) is 2. The molecule has 0 unspecified atom stereocenters. The fraction of sp³-hybridized carbons (Fsp3) is 0.611. The summed E-state index contributed by atoms with van der Waals surface area (Å²) in [6, 6.07) is 9.08. The van der Waals surface area contributed by atoms with Crippen LogP contribution < -0.4 is 10.6 Å². The zero-order valence-electron chi connectivity index (χ0n) is 13.9. The Balaban J connectivity index is 1.64. The smallest absolute Gasteiger partial charge is 0.170 e. The summed E-state index contributed by atoms with van der Waals surface area (Å²) in [6.07, 6.45) is 6.55. The Bertz CT molecular complexity index is 475. The topological polar surface area (TPSA) is 27.3 Å². The van der Waals surface area contributed by atoms with E-state index in [1.165, 1.54) is 44.3 Å². The van der Waals surface area contributed by atoms with E-state index in [1.54, 1.807) is 0 Å². The number of nitrogens with zero attached hydrogens (tertiary/aromatic N) is 1. The van der Waals surface area contributed by atoms with E-state index < -0.39 is 0 Å². The summed E-state index contributed by atoms with van der Waals surface area (Å²) in [5.41, 5.74) is 2.29. The molecule has 22 heavy (non-hydrogen) atoms. The average molecular weight is 320 g/mol. The van der Waals surface area contributed by atoms with Gasteiger partial charge in [-0.25, -0.2) is 0 Å². The van der Waals surface area contributed by atoms with Crippen LogP contribution in [-0.4, -0.2) is 35.7 Å². The molecule has 2 rings (SSSR count). The highest BCUT2D eigenvalue weighted by Gasteiger charge is 2.19. The van der Waals surface area contributed by atoms with Crippen molar-refractivity contribution < 1.29 is 0 Å². The molecule has 0 spiro atoms. The minimum absolute atomic E-state index is 0.719. The van der Waals surface area contributed by atoms with Gasteiger partial charge in [-0.15, -0.1) is 0 Å². The number of benzene rings is 1. The van der Waals surface area contributed by atoms with Gasteiger partial charge in [0, 0.05) is 24.8 Å². The SMILES string of the molecule is CC[C@@H]1CCCCN1CCCNC(=S)Nc1cccc(C)c1. The molecule has 1 aromatic carbocycles. The molecule has 4 heteroatoms. The summed E-state index contributed by atoms with van der Waals surface area (Å²) >= 11 is 5.36. The molecule has 0 amide bonds. The molecule has 1 heterocycles. The highest BCUT2D eigenvalue weighted by molar-refractivity contribution is 7.80. The van der Waals surface area contributed by atoms with Gasteiger partial charge in [0.1, 0.15) is 0 Å². The normalized spacial score (nSPS) is 18.9. The molecule has 0 aromatic heterocycles. The molecule has 1 fully saturated rings. The van der Waals surface area contributed by atoms with Crippen LogP contribution in [0, 0.1) is 6.92 Å². The monoisotopic (exact) mass is 319 g/mol. The van der Waals surface area contributed by atoms with Gasteiger partial charge in [-0.05, 0) is 69.1 Å². The van der Waals surface area contributed by atoms with Crippen molar-refractivity contribution in [3.63, 3.8) is 0 Å². The maximum Gasteiger partial charge on any atom is 0.170 e. The lowest BCUT2D eigenvalue weighted by molar-refractivity contribution is 0.143. The molecule has 1 aliphatic heterocycles. The Morgan fingerprint density at radius 1 is 1.36 bits per heavy atom. The van der Waals surface area contributed by atoms with Crippen molar-refractivity contribution in [3.8, 4) is 0 Å². The van der Waals surface area contributed by atoms with E-state index in [0.717, 1.165) is 29.8 Å². The number of rotatable bonds is 6. The third-order valence-electron chi connectivity index (χ3n) is 4.40. The van der Waals surface area contributed by atoms with Crippen LogP contribution in [0.5, 0.6) is 0 Å². The average Bonchev–Trinajstić information content (AvgIpc) is 2.52. The van der Waals surface area contributed by atoms with E-state index in [9.17, 15) is 0 Å². The summed E-state index contributed by atoms with van der Waals surface area (Å²) in [5, 5.41) is 7.28. The summed E-state index contributed by atoms with van der Waals surface area (Å²) in [5.74, 6) is 0. The number of hydrogen-bond donors (Lipinski definition) is 2. The van der Waals surface area contributed by atoms with Crippen molar-refractivity contribution in [1.82, 2.24) is 10.2 Å². The van der Waals surface area contributed by atoms with Crippen molar-refractivity contribution in [3.05, 3.63) is 29.8 Å². The molecule has 1 aliphatic rings. The molecular weight excluding hydrogens is 290 g/mol. The van der Waals surface area contributed by atoms with E-state index in [1.807, 2.05) is 12.1 Å². The third kappa shape index (κ3) is 5.58. The predicted molar refractivity (Wildman–Crippen MR) is 99.5 cm³/mol. The molecule has 1 saturated heterocycles. The summed E-state index contributed by atoms with van der Waals surface area (Å²) in [7, 11) is 0. The number of aryl methyl sites for hydroxylation is 1. The second-order valence-corrected chi connectivity index (χ2v) is 6.61. The van der Waals surface area contributed by atoms with Crippen LogP contribution in [0.3, 0.4) is 0 Å². The molecule has 0 saturated carbocycles. The largest absolute Gasteiger partial charge is 0.362 e. The first-order valence-electron chi connectivity index (χ1n) is 8.54. The molecule has 2 N–H and O–H groups in total. The standard InChI is InChI=1S/C18H29N3S/c1-3-17-10-4-5-12-21(17)13-7-11-19-18(22)20-16-9-6-8-15(2)14-16/h6,8-9,14,17H,3-5,7,10-13H2,1-2H3,(H2,19,20,22)/t17-/m1/s1. The maximum atomic E-state index is 5.36. The quantitative estimate of drug-likeness (QED) is 0.613. The van der Waals surface area contributed by atoms with E-state index in [0.29, 0.717) is 0 Å². The highest BCUT2D eigenvalue weighted by Crippen LogP contribution is 2.19. The van der Waals surface area contributed by atoms with E-state index >= 15 is 0 Å². The lowest BCUT2D eigenvalue weighted by Gasteiger charge is -2.35. The molecule has 1 aromatic rings. The van der Waals surface area contributed by atoms with Gasteiger partial charge in [-0.2, -0.15) is 0 Å². The molecule has 1 atom stereocenters. The van der Waals surface area contributed by atoms with Gasteiger partial charge >= 0.3 is 0 Å². The molecule has 0 radical (unpaired) electrons. The van der Waals surface area contributed by atoms with Gasteiger partial charge in [0.05, 0.1) is 0 Å². The van der Waals surface area contributed by atoms with Crippen molar-refractivity contribution in [2.24, 2.45) is 0 Å². The van der Waals surface area contributed by atoms with Gasteiger partial charge in [0.15, 0.2) is 5.11 Å². The van der Waals surface area contributed by atoms with Gasteiger partial charge in [-0.3, -0.25) is 0 Å². The Kier molecular flexibility index (Phi) is 7.13. The minimum atomic E-state index is 0.719. The minimum Gasteiger partial charge on any atom is -0.362 e. The summed E-state index contributed by atoms with van der Waals surface area (Å²) in [4.78, 5) is 2.65. The van der Waals surface area contributed by atoms with E-state index in [4.69, 9.17) is 12.2 Å². The zero-order chi connectivity index (χ0) is 15.8. The summed E-state index contributed by atoms with van der Waals surface area (Å²) in [6.45, 7) is 7.78. The third-order valence-corrected chi connectivity index (χ3v) is 4.65. The van der Waals surface area contributed by atoms with Crippen LogP contribution in [0.2, 0.25) is 0 Å². The zero-order valence-corrected chi connectivity index (χ0v) is 14.7. The van der Waals surface area contributed by atoms with Gasteiger partial charge in [-0.1, -0.05) is 25.5 Å². The second kappa shape index (κ2) is 9.11. The van der Waals surface area contributed by atoms with Crippen LogP contribution in [0.15, 0.2) is 24.3 Å². The van der Waals surface area contributed by atoms with Crippen molar-refractivity contribution in [1.29, 1.82) is 0 Å². The molecule has 3 nitrogen and oxygen atoms in total. The first-order chi connectivity index (χ1) is 10.7. The summed E-state index contributed by atoms with van der Waals surface area (Å²) < 4.78 is 0. The van der Waals surface area contributed by atoms with Crippen LogP contribution >= 0.6 is 12.2 Å². The van der Waals surface area contributed by atoms with Crippen LogP contribution in [-0.2, 0) is 0 Å². The van der Waals surface area contributed by atoms with Crippen molar-refractivity contribution in [2.45, 2.75) is 52.0 Å². The molecule has 0 bridgehead atoms. The van der Waals surface area contributed by atoms with Crippen molar-refractivity contribution >= 4 is 23.0 Å². The number of anilines is 1. The predicted octanol–water partition coefficient (Wildman–Crippen LogP) is 3.94. The number of thiocarbonyl (C=S) groups is 1. The maximum absolute atomic E-state index is 5.36. The van der Waals surface area contributed by atoms with E-state index in [2.05, 4.69) is 41.5 Å². The van der Waals surface area contributed by atoms with Crippen LogP contribution in [0.1, 0.15) is 44.6 Å². The fourth-order valence-electron chi connectivity index (χ4n) is 3.20. The molecular formula is C18H29N3S. The van der Waals surface area contributed by atoms with Gasteiger partial charge in [0.2, 0.25) is 0 Å². The highest BCUT2D eigenvalue weighted by atomic mass is 32.1. The first-order valence-corrected chi connectivity index (χ1v) is 8.95. The van der Waals surface area contributed by atoms with Crippen LogP contribution in [0.4, 0.5) is 5.69 Å².